The second-order valence-electron chi connectivity index (χ2n) is 6.29. The minimum atomic E-state index is -0.0590. The molecule has 3 rings (SSSR count). The first kappa shape index (κ1) is 19.0. The molecule has 0 bridgehead atoms. The van der Waals surface area contributed by atoms with Crippen LogP contribution < -0.4 is 9.47 Å². The highest BCUT2D eigenvalue weighted by Gasteiger charge is 2.11. The van der Waals surface area contributed by atoms with Gasteiger partial charge >= 0.3 is 0 Å². The van der Waals surface area contributed by atoms with Crippen molar-refractivity contribution in [2.45, 2.75) is 20.8 Å². The topological polar surface area (TPSA) is 94.7 Å². The Morgan fingerprint density at radius 1 is 1.11 bits per heavy atom. The van der Waals surface area contributed by atoms with E-state index in [1.807, 2.05) is 45.0 Å². The lowest BCUT2D eigenvalue weighted by molar-refractivity contribution is 0.298. The number of aryl methyl sites for hydroxylation is 2. The van der Waals surface area contributed by atoms with Crippen LogP contribution in [0.3, 0.4) is 0 Å². The van der Waals surface area contributed by atoms with Crippen LogP contribution >= 0.6 is 0 Å². The van der Waals surface area contributed by atoms with Crippen molar-refractivity contribution < 1.29 is 9.47 Å². The highest BCUT2D eigenvalue weighted by atomic mass is 16.5. The first-order valence-corrected chi connectivity index (χ1v) is 8.91. The molecule has 0 aliphatic carbocycles. The number of fused-ring (bicyclic) bond motifs is 1. The zero-order chi connectivity index (χ0) is 20.1. The number of aromatic amines is 1. The van der Waals surface area contributed by atoms with Crippen LogP contribution in [0.5, 0.6) is 11.5 Å². The van der Waals surface area contributed by atoms with Gasteiger partial charge in [-0.15, -0.1) is 0 Å². The molecule has 0 radical (unpaired) electrons. The maximum Gasteiger partial charge on any atom is 0.174 e. The summed E-state index contributed by atoms with van der Waals surface area (Å²) in [6.45, 7) is 6.35. The normalized spacial score (nSPS) is 11.1. The van der Waals surface area contributed by atoms with E-state index in [1.165, 1.54) is 5.56 Å². The van der Waals surface area contributed by atoms with Crippen molar-refractivity contribution in [3.63, 3.8) is 0 Å². The van der Waals surface area contributed by atoms with Crippen LogP contribution in [0.25, 0.3) is 22.7 Å². The SMILES string of the molecule is CCOc1cc(/C=C(/C#N)c2nc3cc(C)c(C)cc3[nH]2)ccc1OCC#N. The summed E-state index contributed by atoms with van der Waals surface area (Å²) in [6.07, 6.45) is 1.74. The molecule has 0 fully saturated rings. The number of nitriles is 2. The van der Waals surface area contributed by atoms with Crippen molar-refractivity contribution in [1.29, 1.82) is 10.5 Å². The van der Waals surface area contributed by atoms with Crippen LogP contribution in [0, 0.1) is 36.5 Å². The quantitative estimate of drug-likeness (QED) is 0.641. The molecule has 2 aromatic carbocycles. The monoisotopic (exact) mass is 372 g/mol. The molecule has 140 valence electrons. The summed E-state index contributed by atoms with van der Waals surface area (Å²) < 4.78 is 11.0. The molecule has 6 nitrogen and oxygen atoms in total. The number of benzene rings is 2. The number of aromatic nitrogens is 2. The first-order valence-electron chi connectivity index (χ1n) is 8.91. The molecule has 0 saturated heterocycles. The van der Waals surface area contributed by atoms with E-state index in [1.54, 1.807) is 18.2 Å². The molecule has 28 heavy (non-hydrogen) atoms. The lowest BCUT2D eigenvalue weighted by Gasteiger charge is -2.10. The molecule has 0 aliphatic heterocycles. The van der Waals surface area contributed by atoms with E-state index < -0.39 is 0 Å². The zero-order valence-electron chi connectivity index (χ0n) is 16.0. The number of imidazole rings is 1. The van der Waals surface area contributed by atoms with Gasteiger partial charge in [-0.2, -0.15) is 10.5 Å². The van der Waals surface area contributed by atoms with Gasteiger partial charge in [0.1, 0.15) is 18.0 Å². The van der Waals surface area contributed by atoms with Crippen LogP contribution in [0.2, 0.25) is 0 Å². The number of nitrogens with one attached hydrogen (secondary N) is 1. The molecule has 0 atom stereocenters. The highest BCUT2D eigenvalue weighted by molar-refractivity contribution is 5.90. The fourth-order valence-corrected chi connectivity index (χ4v) is 2.83. The van der Waals surface area contributed by atoms with E-state index in [0.717, 1.165) is 22.2 Å². The van der Waals surface area contributed by atoms with Gasteiger partial charge in [0.05, 0.1) is 23.2 Å². The van der Waals surface area contributed by atoms with Gasteiger partial charge < -0.3 is 14.5 Å². The van der Waals surface area contributed by atoms with Crippen LogP contribution in [0.1, 0.15) is 29.4 Å². The Hall–Kier alpha value is -3.77. The summed E-state index contributed by atoms with van der Waals surface area (Å²) in [5, 5.41) is 18.4. The third-order valence-electron chi connectivity index (χ3n) is 4.34. The number of ether oxygens (including phenoxy) is 2. The van der Waals surface area contributed by atoms with Crippen LogP contribution in [0.4, 0.5) is 0 Å². The second kappa shape index (κ2) is 8.28. The molecule has 1 heterocycles. The predicted octanol–water partition coefficient (Wildman–Crippen LogP) is 4.55. The number of H-pyrrole nitrogens is 1. The Kier molecular flexibility index (Phi) is 5.62. The molecule has 1 N–H and O–H groups in total. The second-order valence-corrected chi connectivity index (χ2v) is 6.29. The molecule has 0 unspecified atom stereocenters. The number of hydrogen-bond donors (Lipinski definition) is 1. The Morgan fingerprint density at radius 3 is 2.61 bits per heavy atom. The molecular weight excluding hydrogens is 352 g/mol. The fraction of sp³-hybridized carbons (Fsp3) is 0.227. The lowest BCUT2D eigenvalue weighted by atomic mass is 10.1. The van der Waals surface area contributed by atoms with Crippen molar-refractivity contribution in [3.8, 4) is 23.6 Å². The number of nitrogens with zero attached hydrogens (tertiary/aromatic N) is 3. The molecule has 0 aliphatic rings. The van der Waals surface area contributed by atoms with Crippen molar-refractivity contribution in [2.75, 3.05) is 13.2 Å². The smallest absolute Gasteiger partial charge is 0.174 e. The van der Waals surface area contributed by atoms with Crippen LogP contribution in [-0.4, -0.2) is 23.2 Å². The maximum atomic E-state index is 9.65. The molecule has 1 aromatic heterocycles. The highest BCUT2D eigenvalue weighted by Crippen LogP contribution is 2.30. The molecule has 0 saturated carbocycles. The average Bonchev–Trinajstić information content (AvgIpc) is 3.08. The molecule has 0 spiro atoms. The Morgan fingerprint density at radius 2 is 1.89 bits per heavy atom. The van der Waals surface area contributed by atoms with Gasteiger partial charge in [-0.05, 0) is 67.8 Å². The van der Waals surface area contributed by atoms with Gasteiger partial charge in [-0.1, -0.05) is 6.07 Å². The predicted molar refractivity (Wildman–Crippen MR) is 108 cm³/mol. The van der Waals surface area contributed by atoms with Gasteiger partial charge in [-0.25, -0.2) is 4.98 Å². The lowest BCUT2D eigenvalue weighted by Crippen LogP contribution is -1.99. The Labute approximate surface area is 163 Å². The number of hydrogen-bond acceptors (Lipinski definition) is 5. The van der Waals surface area contributed by atoms with Crippen LogP contribution in [0.15, 0.2) is 30.3 Å². The van der Waals surface area contributed by atoms with E-state index in [-0.39, 0.29) is 6.61 Å². The molecule has 0 amide bonds. The van der Waals surface area contributed by atoms with Crippen molar-refractivity contribution in [1.82, 2.24) is 9.97 Å². The summed E-state index contributed by atoms with van der Waals surface area (Å²) in [5.41, 5.74) is 5.24. The summed E-state index contributed by atoms with van der Waals surface area (Å²) in [5.74, 6) is 1.54. The molecule has 6 heteroatoms. The van der Waals surface area contributed by atoms with Gasteiger partial charge in [-0.3, -0.25) is 0 Å². The van der Waals surface area contributed by atoms with Gasteiger partial charge in [0.2, 0.25) is 0 Å². The third kappa shape index (κ3) is 3.97. The van der Waals surface area contributed by atoms with Gasteiger partial charge in [0, 0.05) is 0 Å². The van der Waals surface area contributed by atoms with E-state index in [4.69, 9.17) is 14.7 Å². The van der Waals surface area contributed by atoms with E-state index >= 15 is 0 Å². The van der Waals surface area contributed by atoms with Crippen molar-refractivity contribution >= 4 is 22.7 Å². The number of rotatable bonds is 6. The first-order chi connectivity index (χ1) is 13.5. The summed E-state index contributed by atoms with van der Waals surface area (Å²) in [4.78, 5) is 7.78. The fourth-order valence-electron chi connectivity index (χ4n) is 2.83. The average molecular weight is 372 g/mol. The van der Waals surface area contributed by atoms with E-state index in [9.17, 15) is 5.26 Å². The van der Waals surface area contributed by atoms with Crippen molar-refractivity contribution in [3.05, 3.63) is 52.8 Å². The summed E-state index contributed by atoms with van der Waals surface area (Å²) >= 11 is 0. The van der Waals surface area contributed by atoms with Crippen molar-refractivity contribution in [2.24, 2.45) is 0 Å². The maximum absolute atomic E-state index is 9.65. The summed E-state index contributed by atoms with van der Waals surface area (Å²) in [7, 11) is 0. The van der Waals surface area contributed by atoms with Gasteiger partial charge in [0.15, 0.2) is 18.1 Å². The minimum absolute atomic E-state index is 0.0590. The zero-order valence-corrected chi connectivity index (χ0v) is 16.0. The Bertz CT molecular complexity index is 1090. The number of allylic oxidation sites excluding steroid dienone is 1. The molecular formula is C22H20N4O2. The standard InChI is InChI=1S/C22H20N4O2/c1-4-27-21-12-16(5-6-20(21)28-8-7-23)11-17(13-24)22-25-18-9-14(2)15(3)10-19(18)26-22/h5-6,9-12H,4,8H2,1-3H3,(H,25,26)/b17-11-. The van der Waals surface area contributed by atoms with Crippen LogP contribution in [-0.2, 0) is 0 Å². The summed E-state index contributed by atoms with van der Waals surface area (Å²) in [6, 6.07) is 13.5. The molecule has 3 aromatic rings. The Balaban J connectivity index is 1.99. The largest absolute Gasteiger partial charge is 0.490 e. The van der Waals surface area contributed by atoms with Gasteiger partial charge in [0.25, 0.3) is 0 Å². The third-order valence-corrected chi connectivity index (χ3v) is 4.34. The minimum Gasteiger partial charge on any atom is -0.490 e. The van der Waals surface area contributed by atoms with E-state index in [2.05, 4.69) is 16.0 Å². The van der Waals surface area contributed by atoms with E-state index in [0.29, 0.717) is 29.5 Å².